The van der Waals surface area contributed by atoms with Crippen molar-refractivity contribution >= 4 is 48.5 Å². The molecule has 0 aliphatic carbocycles. The van der Waals surface area contributed by atoms with Gasteiger partial charge in [-0.3, -0.25) is 9.59 Å². The third-order valence-corrected chi connectivity index (χ3v) is 12.9. The van der Waals surface area contributed by atoms with Gasteiger partial charge in [-0.15, -0.1) is 0 Å². The van der Waals surface area contributed by atoms with Crippen LogP contribution in [0.4, 0.5) is 9.52 Å². The SMILES string of the molecule is CC(C)CN(C[C@@H](O)[C@H](Cc1ccccc1)N(C(=O)CNCc1cccc(F)c1)[C@H](C(N)=O)C(C)(C)C)S(=O)(=O)c1ccc2nc(NCCN3CCCC3)sc2c1. The standard InChI is InChI=1S/C42H58FN7O5S2/c1-29(2)27-49(57(54,55)33-16-17-34-37(24-33)56-41(47-34)46-18-21-48-19-9-10-20-48)28-36(51)35(23-30-12-7-6-8-13-30)50(39(40(44)53)42(3,4)5)38(52)26-45-25-31-14-11-15-32(43)22-31/h6-8,11-17,22,24,29,35-36,39,45,51H,9-10,18-21,23,25-28H2,1-5H3,(H2,44,53)(H,46,47)/t35-,36+,39+/m0/s1. The van der Waals surface area contributed by atoms with Gasteiger partial charge in [0.15, 0.2) is 5.13 Å². The molecule has 0 bridgehead atoms. The highest BCUT2D eigenvalue weighted by Crippen LogP contribution is 2.32. The van der Waals surface area contributed by atoms with Gasteiger partial charge < -0.3 is 31.3 Å². The Balaban J connectivity index is 1.45. The molecule has 3 atom stereocenters. The summed E-state index contributed by atoms with van der Waals surface area (Å²) in [5, 5.41) is 19.5. The molecule has 57 heavy (non-hydrogen) atoms. The molecule has 2 heterocycles. The Hall–Kier alpha value is -3.99. The fraction of sp³-hybridized carbons (Fsp3) is 0.500. The zero-order valence-corrected chi connectivity index (χ0v) is 35.3. The van der Waals surface area contributed by atoms with E-state index in [9.17, 15) is 27.5 Å². The number of rotatable bonds is 20. The molecule has 5 rings (SSSR count). The molecule has 0 saturated carbocycles. The van der Waals surface area contributed by atoms with Gasteiger partial charge in [-0.25, -0.2) is 17.8 Å². The van der Waals surface area contributed by atoms with Gasteiger partial charge in [-0.1, -0.05) is 88.4 Å². The van der Waals surface area contributed by atoms with Crippen LogP contribution in [0.25, 0.3) is 10.2 Å². The third kappa shape index (κ3) is 12.0. The number of benzene rings is 3. The number of amides is 2. The van der Waals surface area contributed by atoms with Gasteiger partial charge in [-0.2, -0.15) is 4.31 Å². The van der Waals surface area contributed by atoms with E-state index in [0.29, 0.717) is 15.8 Å². The zero-order chi connectivity index (χ0) is 41.3. The van der Waals surface area contributed by atoms with E-state index in [1.54, 1.807) is 45.0 Å². The number of carbonyl (C=O) groups is 2. The lowest BCUT2D eigenvalue weighted by Crippen LogP contribution is -2.63. The summed E-state index contributed by atoms with van der Waals surface area (Å²) in [5.74, 6) is -1.81. The molecule has 310 valence electrons. The van der Waals surface area contributed by atoms with E-state index in [2.05, 4.69) is 20.5 Å². The average Bonchev–Trinajstić information content (AvgIpc) is 3.82. The van der Waals surface area contributed by atoms with E-state index in [-0.39, 0.29) is 43.4 Å². The molecule has 0 spiro atoms. The van der Waals surface area contributed by atoms with Crippen LogP contribution in [-0.2, 0) is 32.6 Å². The monoisotopic (exact) mass is 823 g/mol. The lowest BCUT2D eigenvalue weighted by Gasteiger charge is -2.45. The number of thiazole rings is 1. The number of fused-ring (bicyclic) bond motifs is 1. The van der Waals surface area contributed by atoms with Gasteiger partial charge in [0.1, 0.15) is 11.9 Å². The van der Waals surface area contributed by atoms with Crippen LogP contribution in [0.5, 0.6) is 0 Å². The van der Waals surface area contributed by atoms with E-state index in [1.165, 1.54) is 51.6 Å². The third-order valence-electron chi connectivity index (χ3n) is 10.1. The number of carbonyl (C=O) groups excluding carboxylic acids is 2. The molecule has 3 aromatic carbocycles. The minimum atomic E-state index is -4.18. The molecule has 1 aromatic heterocycles. The van der Waals surface area contributed by atoms with Crippen molar-refractivity contribution in [3.8, 4) is 0 Å². The Bertz CT molecular complexity index is 2050. The number of likely N-dealkylation sites (tertiary alicyclic amines) is 1. The first-order chi connectivity index (χ1) is 27.0. The number of hydrogen-bond donors (Lipinski definition) is 4. The largest absolute Gasteiger partial charge is 0.390 e. The Kier molecular flexibility index (Phi) is 15.2. The van der Waals surface area contributed by atoms with Gasteiger partial charge in [-0.05, 0) is 85.1 Å². The van der Waals surface area contributed by atoms with E-state index in [4.69, 9.17) is 5.73 Å². The number of hydrogen-bond acceptors (Lipinski definition) is 10. The Morgan fingerprint density at radius 3 is 2.35 bits per heavy atom. The van der Waals surface area contributed by atoms with Crippen LogP contribution >= 0.6 is 11.3 Å². The van der Waals surface area contributed by atoms with Crippen molar-refractivity contribution in [2.75, 3.05) is 51.1 Å². The van der Waals surface area contributed by atoms with Crippen molar-refractivity contribution in [1.82, 2.24) is 24.4 Å². The van der Waals surface area contributed by atoms with Crippen LogP contribution in [0.2, 0.25) is 0 Å². The highest BCUT2D eigenvalue weighted by atomic mass is 32.2. The fourth-order valence-electron chi connectivity index (χ4n) is 7.45. The molecule has 12 nitrogen and oxygen atoms in total. The number of halogens is 1. The molecule has 1 fully saturated rings. The number of aromatic nitrogens is 1. The normalized spacial score (nSPS) is 15.6. The second-order valence-corrected chi connectivity index (χ2v) is 19.3. The molecule has 15 heteroatoms. The van der Waals surface area contributed by atoms with E-state index in [0.717, 1.165) is 36.9 Å². The molecule has 1 aliphatic heterocycles. The van der Waals surface area contributed by atoms with E-state index < -0.39 is 51.3 Å². The number of anilines is 1. The van der Waals surface area contributed by atoms with Crippen LogP contribution in [-0.4, -0.2) is 108 Å². The first-order valence-corrected chi connectivity index (χ1v) is 21.9. The Morgan fingerprint density at radius 1 is 1.00 bits per heavy atom. The summed E-state index contributed by atoms with van der Waals surface area (Å²) in [6.45, 7) is 12.6. The minimum absolute atomic E-state index is 0.0638. The number of nitrogens with zero attached hydrogens (tertiary/aromatic N) is 4. The smallest absolute Gasteiger partial charge is 0.243 e. The fourth-order valence-corrected chi connectivity index (χ4v) is 10.1. The summed E-state index contributed by atoms with van der Waals surface area (Å²) in [5.41, 5.74) is 7.25. The lowest BCUT2D eigenvalue weighted by atomic mass is 9.83. The summed E-state index contributed by atoms with van der Waals surface area (Å²) < 4.78 is 45.0. The molecule has 1 saturated heterocycles. The number of aliphatic hydroxyl groups is 1. The van der Waals surface area contributed by atoms with Gasteiger partial charge in [0, 0.05) is 32.7 Å². The van der Waals surface area contributed by atoms with Crippen LogP contribution in [0.1, 0.15) is 58.6 Å². The second-order valence-electron chi connectivity index (χ2n) is 16.4. The molecule has 2 amide bonds. The van der Waals surface area contributed by atoms with Gasteiger partial charge >= 0.3 is 0 Å². The number of primary amides is 1. The molecule has 1 aliphatic rings. The van der Waals surface area contributed by atoms with Crippen molar-refractivity contribution in [1.29, 1.82) is 0 Å². The van der Waals surface area contributed by atoms with Crippen LogP contribution in [0.15, 0.2) is 77.7 Å². The molecular formula is C42H58FN7O5S2. The predicted octanol–water partition coefficient (Wildman–Crippen LogP) is 5.08. The first-order valence-electron chi connectivity index (χ1n) is 19.7. The van der Waals surface area contributed by atoms with Crippen molar-refractivity contribution in [3.63, 3.8) is 0 Å². The summed E-state index contributed by atoms with van der Waals surface area (Å²) in [4.78, 5) is 36.2. The summed E-state index contributed by atoms with van der Waals surface area (Å²) in [7, 11) is -4.18. The molecule has 0 radical (unpaired) electrons. The minimum Gasteiger partial charge on any atom is -0.390 e. The maximum Gasteiger partial charge on any atom is 0.243 e. The molecular weight excluding hydrogens is 766 g/mol. The number of aliphatic hydroxyl groups excluding tert-OH is 1. The Morgan fingerprint density at radius 2 is 1.70 bits per heavy atom. The van der Waals surface area contributed by atoms with Crippen molar-refractivity contribution in [2.24, 2.45) is 17.1 Å². The van der Waals surface area contributed by atoms with Crippen LogP contribution in [0, 0.1) is 17.2 Å². The van der Waals surface area contributed by atoms with Crippen LogP contribution in [0.3, 0.4) is 0 Å². The van der Waals surface area contributed by atoms with E-state index >= 15 is 0 Å². The predicted molar refractivity (Wildman–Crippen MR) is 225 cm³/mol. The van der Waals surface area contributed by atoms with Gasteiger partial charge in [0.05, 0.1) is 33.8 Å². The zero-order valence-electron chi connectivity index (χ0n) is 33.7. The number of sulfonamides is 1. The Labute approximate surface area is 340 Å². The van der Waals surface area contributed by atoms with Crippen molar-refractivity contribution < 1.29 is 27.5 Å². The first kappa shape index (κ1) is 44.1. The van der Waals surface area contributed by atoms with Crippen molar-refractivity contribution in [2.45, 2.75) is 83.5 Å². The highest BCUT2D eigenvalue weighted by molar-refractivity contribution is 7.89. The number of nitrogens with two attached hydrogens (primary N) is 1. The van der Waals surface area contributed by atoms with Gasteiger partial charge in [0.25, 0.3) is 0 Å². The summed E-state index contributed by atoms with van der Waals surface area (Å²) >= 11 is 1.39. The lowest BCUT2D eigenvalue weighted by molar-refractivity contribution is -0.149. The summed E-state index contributed by atoms with van der Waals surface area (Å²) in [6, 6.07) is 17.8. The number of nitrogens with one attached hydrogen (secondary N) is 2. The molecule has 5 N–H and O–H groups in total. The van der Waals surface area contributed by atoms with Crippen LogP contribution < -0.4 is 16.4 Å². The molecule has 0 unspecified atom stereocenters. The average molecular weight is 824 g/mol. The maximum absolute atomic E-state index is 14.5. The van der Waals surface area contributed by atoms with E-state index in [1.807, 2.05) is 44.2 Å². The molecule has 4 aromatic rings. The second kappa shape index (κ2) is 19.6. The highest BCUT2D eigenvalue weighted by Gasteiger charge is 2.44. The van der Waals surface area contributed by atoms with Crippen molar-refractivity contribution in [3.05, 3.63) is 89.7 Å². The topological polar surface area (TPSA) is 161 Å². The quantitative estimate of drug-likeness (QED) is 0.0954. The maximum atomic E-state index is 14.5. The summed E-state index contributed by atoms with van der Waals surface area (Å²) in [6.07, 6.45) is 1.09. The van der Waals surface area contributed by atoms with Gasteiger partial charge in [0.2, 0.25) is 21.8 Å².